The van der Waals surface area contributed by atoms with Gasteiger partial charge in [0.1, 0.15) is 5.75 Å². The first-order valence-corrected chi connectivity index (χ1v) is 7.84. The summed E-state index contributed by atoms with van der Waals surface area (Å²) in [5, 5.41) is 10.1. The molecule has 0 spiro atoms. The van der Waals surface area contributed by atoms with Crippen LogP contribution in [0.15, 0.2) is 18.2 Å². The van der Waals surface area contributed by atoms with Crippen LogP contribution in [-0.4, -0.2) is 41.2 Å². The lowest BCUT2D eigenvalue weighted by atomic mass is 9.89. The van der Waals surface area contributed by atoms with Crippen LogP contribution in [0.3, 0.4) is 0 Å². The standard InChI is InChI=1S/C17H23NO3/c1-2-8-17(20)11-18(12-17)16(19)10-21-15-7-6-13-4-3-5-14(13)9-15/h6-7,9,20H,2-5,8,10-12H2,1H3. The Morgan fingerprint density at radius 2 is 2.10 bits per heavy atom. The molecule has 1 fully saturated rings. The number of β-amino-alcohol motifs (C(OH)–C–C–N with tert-alkyl or cyclic N) is 1. The Morgan fingerprint density at radius 3 is 2.86 bits per heavy atom. The number of aliphatic hydroxyl groups is 1. The Balaban J connectivity index is 1.49. The molecule has 21 heavy (non-hydrogen) atoms. The number of benzene rings is 1. The molecular formula is C17H23NO3. The maximum Gasteiger partial charge on any atom is 0.260 e. The quantitative estimate of drug-likeness (QED) is 0.901. The number of hydrogen-bond donors (Lipinski definition) is 1. The first-order chi connectivity index (χ1) is 10.1. The minimum Gasteiger partial charge on any atom is -0.484 e. The van der Waals surface area contributed by atoms with Gasteiger partial charge in [-0.1, -0.05) is 19.4 Å². The molecule has 1 aliphatic carbocycles. The van der Waals surface area contributed by atoms with Crippen molar-refractivity contribution in [1.29, 1.82) is 0 Å². The molecule has 0 unspecified atom stereocenters. The van der Waals surface area contributed by atoms with E-state index in [1.54, 1.807) is 4.90 Å². The number of amides is 1. The highest BCUT2D eigenvalue weighted by molar-refractivity contribution is 5.79. The minimum atomic E-state index is -0.669. The van der Waals surface area contributed by atoms with Crippen LogP contribution in [0, 0.1) is 0 Å². The molecule has 1 saturated heterocycles. The number of nitrogens with zero attached hydrogens (tertiary/aromatic N) is 1. The van der Waals surface area contributed by atoms with Crippen molar-refractivity contribution in [3.8, 4) is 5.75 Å². The van der Waals surface area contributed by atoms with Crippen molar-refractivity contribution in [2.75, 3.05) is 19.7 Å². The molecule has 1 N–H and O–H groups in total. The van der Waals surface area contributed by atoms with Crippen molar-refractivity contribution in [3.05, 3.63) is 29.3 Å². The van der Waals surface area contributed by atoms with Crippen LogP contribution in [0.25, 0.3) is 0 Å². The molecule has 0 radical (unpaired) electrons. The Bertz CT molecular complexity index is 535. The van der Waals surface area contributed by atoms with E-state index in [-0.39, 0.29) is 12.5 Å². The Kier molecular flexibility index (Phi) is 3.89. The van der Waals surface area contributed by atoms with E-state index in [1.165, 1.54) is 17.5 Å². The fourth-order valence-electron chi connectivity index (χ4n) is 3.34. The topological polar surface area (TPSA) is 49.8 Å². The van der Waals surface area contributed by atoms with Crippen molar-refractivity contribution in [1.82, 2.24) is 4.90 Å². The molecule has 4 nitrogen and oxygen atoms in total. The van der Waals surface area contributed by atoms with Gasteiger partial charge in [-0.3, -0.25) is 4.79 Å². The van der Waals surface area contributed by atoms with Gasteiger partial charge < -0.3 is 14.7 Å². The lowest BCUT2D eigenvalue weighted by molar-refractivity contribution is -0.158. The highest BCUT2D eigenvalue weighted by Crippen LogP contribution is 2.27. The van der Waals surface area contributed by atoms with Gasteiger partial charge >= 0.3 is 0 Å². The SMILES string of the molecule is CCCC1(O)CN(C(=O)COc2ccc3c(c2)CCC3)C1. The highest BCUT2D eigenvalue weighted by atomic mass is 16.5. The Labute approximate surface area is 125 Å². The molecule has 114 valence electrons. The molecule has 1 heterocycles. The first kappa shape index (κ1) is 14.4. The fraction of sp³-hybridized carbons (Fsp3) is 0.588. The molecule has 0 aromatic heterocycles. The number of fused-ring (bicyclic) bond motifs is 1. The monoisotopic (exact) mass is 289 g/mol. The van der Waals surface area contributed by atoms with Crippen LogP contribution in [0.4, 0.5) is 0 Å². The van der Waals surface area contributed by atoms with E-state index in [9.17, 15) is 9.90 Å². The lowest BCUT2D eigenvalue weighted by Gasteiger charge is -2.46. The van der Waals surface area contributed by atoms with E-state index < -0.39 is 5.60 Å². The van der Waals surface area contributed by atoms with E-state index in [0.717, 1.165) is 31.4 Å². The van der Waals surface area contributed by atoms with Gasteiger partial charge in [0, 0.05) is 0 Å². The molecule has 1 aromatic rings. The number of carbonyl (C=O) groups excluding carboxylic acids is 1. The Hall–Kier alpha value is -1.55. The summed E-state index contributed by atoms with van der Waals surface area (Å²) in [5.41, 5.74) is 2.08. The normalized spacial score (nSPS) is 19.0. The molecule has 0 atom stereocenters. The predicted octanol–water partition coefficient (Wildman–Crippen LogP) is 1.93. The second-order valence-corrected chi connectivity index (χ2v) is 6.30. The first-order valence-electron chi connectivity index (χ1n) is 7.84. The largest absolute Gasteiger partial charge is 0.484 e. The summed E-state index contributed by atoms with van der Waals surface area (Å²) in [6, 6.07) is 6.10. The summed E-state index contributed by atoms with van der Waals surface area (Å²) >= 11 is 0. The van der Waals surface area contributed by atoms with Crippen LogP contribution in [-0.2, 0) is 17.6 Å². The molecule has 4 heteroatoms. The predicted molar refractivity (Wildman–Crippen MR) is 80.4 cm³/mol. The van der Waals surface area contributed by atoms with Gasteiger partial charge in [-0.25, -0.2) is 0 Å². The summed E-state index contributed by atoms with van der Waals surface area (Å²) in [5.74, 6) is 0.726. The van der Waals surface area contributed by atoms with Gasteiger partial charge in [0.2, 0.25) is 0 Å². The number of likely N-dealkylation sites (tertiary alicyclic amines) is 1. The zero-order chi connectivity index (χ0) is 14.9. The molecule has 3 rings (SSSR count). The third kappa shape index (κ3) is 3.05. The van der Waals surface area contributed by atoms with Crippen LogP contribution in [0.2, 0.25) is 0 Å². The number of rotatable bonds is 5. The zero-order valence-corrected chi connectivity index (χ0v) is 12.6. The molecule has 1 aromatic carbocycles. The van der Waals surface area contributed by atoms with E-state index in [2.05, 4.69) is 12.1 Å². The van der Waals surface area contributed by atoms with Gasteiger partial charge in [0.25, 0.3) is 5.91 Å². The maximum absolute atomic E-state index is 12.0. The molecule has 1 aliphatic heterocycles. The van der Waals surface area contributed by atoms with Crippen molar-refractivity contribution >= 4 is 5.91 Å². The van der Waals surface area contributed by atoms with E-state index in [4.69, 9.17) is 4.74 Å². The van der Waals surface area contributed by atoms with Crippen LogP contribution in [0.5, 0.6) is 5.75 Å². The number of hydrogen-bond acceptors (Lipinski definition) is 3. The summed E-state index contributed by atoms with van der Waals surface area (Å²) in [6.45, 7) is 2.97. The van der Waals surface area contributed by atoms with Gasteiger partial charge in [-0.05, 0) is 48.9 Å². The lowest BCUT2D eigenvalue weighted by Crippen LogP contribution is -2.64. The highest BCUT2D eigenvalue weighted by Gasteiger charge is 2.42. The van der Waals surface area contributed by atoms with Crippen LogP contribution < -0.4 is 4.74 Å². The molecular weight excluding hydrogens is 266 g/mol. The smallest absolute Gasteiger partial charge is 0.260 e. The second-order valence-electron chi connectivity index (χ2n) is 6.30. The number of carbonyl (C=O) groups is 1. The molecule has 0 saturated carbocycles. The number of aryl methyl sites for hydroxylation is 2. The Morgan fingerprint density at radius 1 is 1.33 bits per heavy atom. The third-order valence-corrected chi connectivity index (χ3v) is 4.47. The summed E-state index contributed by atoms with van der Waals surface area (Å²) in [4.78, 5) is 13.7. The van der Waals surface area contributed by atoms with E-state index in [1.807, 2.05) is 13.0 Å². The van der Waals surface area contributed by atoms with Crippen molar-refractivity contribution < 1.29 is 14.6 Å². The molecule has 2 aliphatic rings. The van der Waals surface area contributed by atoms with Gasteiger partial charge in [0.15, 0.2) is 6.61 Å². The average Bonchev–Trinajstić information content (AvgIpc) is 2.89. The maximum atomic E-state index is 12.0. The van der Waals surface area contributed by atoms with Gasteiger partial charge in [0.05, 0.1) is 18.7 Å². The zero-order valence-electron chi connectivity index (χ0n) is 12.6. The molecule has 0 bridgehead atoms. The van der Waals surface area contributed by atoms with Gasteiger partial charge in [-0.2, -0.15) is 0 Å². The fourth-order valence-corrected chi connectivity index (χ4v) is 3.34. The van der Waals surface area contributed by atoms with Gasteiger partial charge in [-0.15, -0.1) is 0 Å². The van der Waals surface area contributed by atoms with Crippen molar-refractivity contribution in [2.45, 2.75) is 44.6 Å². The van der Waals surface area contributed by atoms with Crippen molar-refractivity contribution in [2.24, 2.45) is 0 Å². The average molecular weight is 289 g/mol. The minimum absolute atomic E-state index is 0.0451. The van der Waals surface area contributed by atoms with E-state index in [0.29, 0.717) is 13.1 Å². The summed E-state index contributed by atoms with van der Waals surface area (Å²) in [6.07, 6.45) is 5.16. The summed E-state index contributed by atoms with van der Waals surface area (Å²) < 4.78 is 5.61. The second kappa shape index (κ2) is 5.68. The summed E-state index contributed by atoms with van der Waals surface area (Å²) in [7, 11) is 0. The molecule has 1 amide bonds. The third-order valence-electron chi connectivity index (χ3n) is 4.47. The van der Waals surface area contributed by atoms with E-state index >= 15 is 0 Å². The van der Waals surface area contributed by atoms with Crippen molar-refractivity contribution in [3.63, 3.8) is 0 Å². The van der Waals surface area contributed by atoms with Crippen LogP contribution >= 0.6 is 0 Å². The number of ether oxygens (including phenoxy) is 1. The van der Waals surface area contributed by atoms with Crippen LogP contribution in [0.1, 0.15) is 37.3 Å².